The Labute approximate surface area is 225 Å². The van der Waals surface area contributed by atoms with Crippen LogP contribution in [-0.2, 0) is 14.4 Å². The van der Waals surface area contributed by atoms with Gasteiger partial charge in [0.25, 0.3) is 0 Å². The lowest BCUT2D eigenvalue weighted by Gasteiger charge is -2.33. The van der Waals surface area contributed by atoms with Gasteiger partial charge >= 0.3 is 0 Å². The summed E-state index contributed by atoms with van der Waals surface area (Å²) in [6, 6.07) is 17.9. The van der Waals surface area contributed by atoms with Crippen LogP contribution in [0, 0.1) is 5.92 Å². The molecule has 2 aliphatic rings. The topological polar surface area (TPSA) is 103 Å². The zero-order valence-corrected chi connectivity index (χ0v) is 22.7. The fourth-order valence-corrected chi connectivity index (χ4v) is 6.02. The minimum Gasteiger partial charge on any atom is -0.343 e. The third-order valence-corrected chi connectivity index (χ3v) is 8.06. The van der Waals surface area contributed by atoms with E-state index in [4.69, 9.17) is 0 Å². The zero-order valence-electron chi connectivity index (χ0n) is 22.7. The molecule has 0 saturated carbocycles. The minimum atomic E-state index is -0.671. The van der Waals surface area contributed by atoms with Gasteiger partial charge in [0, 0.05) is 18.5 Å². The molecule has 3 amide bonds. The van der Waals surface area contributed by atoms with E-state index in [9.17, 15) is 14.4 Å². The first-order chi connectivity index (χ1) is 18.5. The molecule has 5 atom stereocenters. The van der Waals surface area contributed by atoms with E-state index in [2.05, 4.69) is 21.3 Å². The number of hydrogen-bond acceptors (Lipinski definition) is 5. The molecule has 2 heterocycles. The molecule has 2 aromatic carbocycles. The summed E-state index contributed by atoms with van der Waals surface area (Å²) < 4.78 is 0. The predicted molar refractivity (Wildman–Crippen MR) is 148 cm³/mol. The van der Waals surface area contributed by atoms with Crippen LogP contribution in [0.15, 0.2) is 60.7 Å². The number of rotatable bonds is 10. The fourth-order valence-electron chi connectivity index (χ4n) is 6.02. The molecule has 2 saturated heterocycles. The van der Waals surface area contributed by atoms with Crippen LogP contribution in [0.3, 0.4) is 0 Å². The van der Waals surface area contributed by atoms with E-state index in [0.717, 1.165) is 30.4 Å². The Morgan fingerprint density at radius 1 is 0.921 bits per heavy atom. The average Bonchev–Trinajstić information content (AvgIpc) is 3.33. The van der Waals surface area contributed by atoms with Gasteiger partial charge in [-0.15, -0.1) is 0 Å². The highest BCUT2D eigenvalue weighted by Crippen LogP contribution is 2.34. The molecule has 0 unspecified atom stereocenters. The van der Waals surface area contributed by atoms with E-state index in [1.165, 1.54) is 0 Å². The second-order valence-corrected chi connectivity index (χ2v) is 10.4. The van der Waals surface area contributed by atoms with Crippen molar-refractivity contribution in [3.63, 3.8) is 0 Å². The number of amides is 3. The molecule has 38 heavy (non-hydrogen) atoms. The Kier molecular flexibility index (Phi) is 9.53. The van der Waals surface area contributed by atoms with Crippen LogP contribution in [-0.4, -0.2) is 67.4 Å². The minimum absolute atomic E-state index is 0.00215. The summed E-state index contributed by atoms with van der Waals surface area (Å²) >= 11 is 0. The second kappa shape index (κ2) is 13.0. The highest BCUT2D eigenvalue weighted by atomic mass is 16.2. The van der Waals surface area contributed by atoms with Crippen molar-refractivity contribution >= 4 is 17.7 Å². The normalized spacial score (nSPS) is 24.0. The molecular formula is C30H41N5O3. The summed E-state index contributed by atoms with van der Waals surface area (Å²) in [6.07, 6.45) is 3.65. The highest BCUT2D eigenvalue weighted by molar-refractivity contribution is 5.94. The van der Waals surface area contributed by atoms with Crippen molar-refractivity contribution in [2.45, 2.75) is 69.2 Å². The molecule has 2 aromatic rings. The SMILES string of the molecule is CC[C@H](NC)C(=O)N[C@@H]1C(=O)N2[C@@H](CC[C@@H]1CNC)CC[C@H]2C(=O)NC(c1ccccc1)c1ccccc1. The Bertz CT molecular complexity index is 1040. The van der Waals surface area contributed by atoms with E-state index in [1.54, 1.807) is 11.9 Å². The summed E-state index contributed by atoms with van der Waals surface area (Å²) in [6.45, 7) is 2.56. The first kappa shape index (κ1) is 27.8. The van der Waals surface area contributed by atoms with Crippen molar-refractivity contribution in [1.29, 1.82) is 0 Å². The van der Waals surface area contributed by atoms with Crippen LogP contribution in [0.1, 0.15) is 56.2 Å². The number of likely N-dealkylation sites (N-methyl/N-ethyl adjacent to an activating group) is 1. The molecule has 204 valence electrons. The van der Waals surface area contributed by atoms with Crippen molar-refractivity contribution in [2.75, 3.05) is 20.6 Å². The Morgan fingerprint density at radius 3 is 2.08 bits per heavy atom. The molecule has 4 rings (SSSR count). The van der Waals surface area contributed by atoms with Crippen molar-refractivity contribution < 1.29 is 14.4 Å². The smallest absolute Gasteiger partial charge is 0.246 e. The standard InChI is InChI=1S/C30H41N5O3/c1-4-24(32-3)28(36)34-27-22(19-31-2)15-16-23-17-18-25(35(23)30(27)38)29(37)33-26(20-11-7-5-8-12-20)21-13-9-6-10-14-21/h5-14,22-27,31-32H,4,15-19H2,1-3H3,(H,33,37)(H,34,36)/t22-,23+,24+,25+,27+/m1/s1. The van der Waals surface area contributed by atoms with Crippen LogP contribution < -0.4 is 21.3 Å². The van der Waals surface area contributed by atoms with Crippen molar-refractivity contribution in [1.82, 2.24) is 26.2 Å². The monoisotopic (exact) mass is 519 g/mol. The van der Waals surface area contributed by atoms with Gasteiger partial charge in [-0.2, -0.15) is 0 Å². The Balaban J connectivity index is 1.58. The van der Waals surface area contributed by atoms with E-state index >= 15 is 0 Å². The van der Waals surface area contributed by atoms with Gasteiger partial charge < -0.3 is 26.2 Å². The molecule has 2 aliphatic heterocycles. The number of fused-ring (bicyclic) bond motifs is 1. The van der Waals surface area contributed by atoms with Crippen molar-refractivity contribution in [2.24, 2.45) is 5.92 Å². The molecule has 0 aliphatic carbocycles. The van der Waals surface area contributed by atoms with Gasteiger partial charge in [-0.05, 0) is 57.3 Å². The van der Waals surface area contributed by atoms with E-state index in [1.807, 2.05) is 74.6 Å². The lowest BCUT2D eigenvalue weighted by Crippen LogP contribution is -2.59. The largest absolute Gasteiger partial charge is 0.343 e. The van der Waals surface area contributed by atoms with Gasteiger partial charge in [-0.1, -0.05) is 67.6 Å². The van der Waals surface area contributed by atoms with Gasteiger partial charge in [-0.25, -0.2) is 0 Å². The summed E-state index contributed by atoms with van der Waals surface area (Å²) in [5, 5.41) is 12.5. The molecule has 8 nitrogen and oxygen atoms in total. The first-order valence-electron chi connectivity index (χ1n) is 13.8. The van der Waals surface area contributed by atoms with E-state index in [0.29, 0.717) is 19.4 Å². The van der Waals surface area contributed by atoms with Gasteiger partial charge in [0.1, 0.15) is 12.1 Å². The van der Waals surface area contributed by atoms with Crippen molar-refractivity contribution in [3.05, 3.63) is 71.8 Å². The molecule has 0 radical (unpaired) electrons. The maximum Gasteiger partial charge on any atom is 0.246 e. The molecule has 8 heteroatoms. The summed E-state index contributed by atoms with van der Waals surface area (Å²) in [5.41, 5.74) is 1.97. The van der Waals surface area contributed by atoms with Gasteiger partial charge in [0.05, 0.1) is 12.1 Å². The molecular weight excluding hydrogens is 478 g/mol. The maximum atomic E-state index is 14.1. The predicted octanol–water partition coefficient (Wildman–Crippen LogP) is 2.36. The molecule has 2 fully saturated rings. The third-order valence-electron chi connectivity index (χ3n) is 8.06. The first-order valence-corrected chi connectivity index (χ1v) is 13.8. The fraction of sp³-hybridized carbons (Fsp3) is 0.500. The van der Waals surface area contributed by atoms with Crippen LogP contribution >= 0.6 is 0 Å². The zero-order chi connectivity index (χ0) is 27.1. The summed E-state index contributed by atoms with van der Waals surface area (Å²) in [4.78, 5) is 42.7. The lowest BCUT2D eigenvalue weighted by molar-refractivity contribution is -0.143. The van der Waals surface area contributed by atoms with Crippen LogP contribution in [0.2, 0.25) is 0 Å². The number of hydrogen-bond donors (Lipinski definition) is 4. The number of carbonyl (C=O) groups is 3. The second-order valence-electron chi connectivity index (χ2n) is 10.4. The number of nitrogens with zero attached hydrogens (tertiary/aromatic N) is 1. The van der Waals surface area contributed by atoms with E-state index < -0.39 is 12.1 Å². The highest BCUT2D eigenvalue weighted by Gasteiger charge is 2.47. The lowest BCUT2D eigenvalue weighted by atomic mass is 9.92. The van der Waals surface area contributed by atoms with Crippen LogP contribution in [0.4, 0.5) is 0 Å². The third kappa shape index (κ3) is 6.08. The number of carbonyl (C=O) groups excluding carboxylic acids is 3. The van der Waals surface area contributed by atoms with Gasteiger partial charge in [0.15, 0.2) is 0 Å². The van der Waals surface area contributed by atoms with Gasteiger partial charge in [0.2, 0.25) is 17.7 Å². The van der Waals surface area contributed by atoms with Crippen molar-refractivity contribution in [3.8, 4) is 0 Å². The average molecular weight is 520 g/mol. The number of nitrogens with one attached hydrogen (secondary N) is 4. The Hall–Kier alpha value is -3.23. The molecule has 4 N–H and O–H groups in total. The molecule has 0 bridgehead atoms. The molecule has 0 spiro atoms. The summed E-state index contributed by atoms with van der Waals surface area (Å²) in [7, 11) is 3.61. The van der Waals surface area contributed by atoms with Crippen LogP contribution in [0.25, 0.3) is 0 Å². The maximum absolute atomic E-state index is 14.1. The Morgan fingerprint density at radius 2 is 1.53 bits per heavy atom. The number of benzene rings is 2. The van der Waals surface area contributed by atoms with Gasteiger partial charge in [-0.3, -0.25) is 14.4 Å². The summed E-state index contributed by atoms with van der Waals surface area (Å²) in [5.74, 6) is -0.527. The van der Waals surface area contributed by atoms with E-state index in [-0.39, 0.29) is 41.8 Å². The quantitative estimate of drug-likeness (QED) is 0.386. The molecule has 0 aromatic heterocycles. The van der Waals surface area contributed by atoms with Crippen LogP contribution in [0.5, 0.6) is 0 Å².